The number of carbonyl (C=O) groups excluding carboxylic acids is 2. The maximum absolute atomic E-state index is 12.5. The summed E-state index contributed by atoms with van der Waals surface area (Å²) in [6, 6.07) is 20.6. The van der Waals surface area contributed by atoms with E-state index in [-0.39, 0.29) is 11.8 Å². The van der Waals surface area contributed by atoms with Gasteiger partial charge in [0.05, 0.1) is 17.3 Å². The van der Waals surface area contributed by atoms with Crippen molar-refractivity contribution in [2.24, 2.45) is 0 Å². The molecule has 5 nitrogen and oxygen atoms in total. The minimum atomic E-state index is -0.328. The van der Waals surface area contributed by atoms with Crippen molar-refractivity contribution in [1.29, 1.82) is 0 Å². The van der Waals surface area contributed by atoms with Crippen LogP contribution in [0.15, 0.2) is 72.8 Å². The van der Waals surface area contributed by atoms with Gasteiger partial charge in [-0.3, -0.25) is 9.59 Å². The average Bonchev–Trinajstić information content (AvgIpc) is 2.71. The second kappa shape index (κ2) is 9.06. The normalized spacial score (nSPS) is 10.2. The molecule has 0 spiro atoms. The van der Waals surface area contributed by atoms with Gasteiger partial charge >= 0.3 is 0 Å². The first-order chi connectivity index (χ1) is 13.6. The summed E-state index contributed by atoms with van der Waals surface area (Å²) in [5.41, 5.74) is 1.89. The zero-order valence-corrected chi connectivity index (χ0v) is 16.0. The van der Waals surface area contributed by atoms with E-state index in [0.717, 1.165) is 0 Å². The molecular weight excluding hydrogens is 376 g/mol. The third-order valence-corrected chi connectivity index (χ3v) is 4.27. The molecule has 0 fully saturated rings. The predicted molar refractivity (Wildman–Crippen MR) is 111 cm³/mol. The highest BCUT2D eigenvalue weighted by Crippen LogP contribution is 2.24. The zero-order valence-electron chi connectivity index (χ0n) is 15.2. The molecule has 0 radical (unpaired) electrons. The number of carbonyl (C=O) groups is 2. The Labute approximate surface area is 168 Å². The number of benzene rings is 3. The summed E-state index contributed by atoms with van der Waals surface area (Å²) in [7, 11) is 0. The second-order valence-electron chi connectivity index (χ2n) is 5.93. The standard InChI is InChI=1S/C22H19ClN2O3/c1-2-28-18-11-8-15(9-12-18)21(26)25-20-14-16(10-13-19(20)23)22(27)24-17-6-4-3-5-7-17/h3-14H,2H2,1H3,(H,24,27)(H,25,26). The van der Waals surface area contributed by atoms with Gasteiger partial charge in [-0.25, -0.2) is 0 Å². The van der Waals surface area contributed by atoms with E-state index in [4.69, 9.17) is 16.3 Å². The molecule has 2 amide bonds. The van der Waals surface area contributed by atoms with E-state index >= 15 is 0 Å². The van der Waals surface area contributed by atoms with Crippen LogP contribution in [0.2, 0.25) is 5.02 Å². The fourth-order valence-electron chi connectivity index (χ4n) is 2.55. The topological polar surface area (TPSA) is 67.4 Å². The van der Waals surface area contributed by atoms with Gasteiger partial charge in [0.1, 0.15) is 5.75 Å². The van der Waals surface area contributed by atoms with Crippen molar-refractivity contribution < 1.29 is 14.3 Å². The minimum Gasteiger partial charge on any atom is -0.494 e. The van der Waals surface area contributed by atoms with Crippen LogP contribution in [0, 0.1) is 0 Å². The lowest BCUT2D eigenvalue weighted by Crippen LogP contribution is -2.15. The van der Waals surface area contributed by atoms with Crippen LogP contribution in [-0.4, -0.2) is 18.4 Å². The summed E-state index contributed by atoms with van der Waals surface area (Å²) >= 11 is 6.19. The Kier molecular flexibility index (Phi) is 6.29. The van der Waals surface area contributed by atoms with Crippen molar-refractivity contribution in [3.05, 3.63) is 88.9 Å². The summed E-state index contributed by atoms with van der Waals surface area (Å²) in [5.74, 6) is 0.0710. The van der Waals surface area contributed by atoms with Gasteiger partial charge < -0.3 is 15.4 Å². The predicted octanol–water partition coefficient (Wildman–Crippen LogP) is 5.24. The van der Waals surface area contributed by atoms with Gasteiger partial charge in [-0.05, 0) is 61.5 Å². The van der Waals surface area contributed by atoms with E-state index in [1.807, 2.05) is 25.1 Å². The summed E-state index contributed by atoms with van der Waals surface area (Å²) < 4.78 is 5.37. The van der Waals surface area contributed by atoms with Crippen molar-refractivity contribution in [1.82, 2.24) is 0 Å². The number of nitrogens with one attached hydrogen (secondary N) is 2. The van der Waals surface area contributed by atoms with E-state index in [2.05, 4.69) is 10.6 Å². The van der Waals surface area contributed by atoms with Gasteiger partial charge in [0.15, 0.2) is 0 Å². The highest BCUT2D eigenvalue weighted by atomic mass is 35.5. The van der Waals surface area contributed by atoms with Crippen molar-refractivity contribution in [3.8, 4) is 5.75 Å². The molecule has 0 aliphatic carbocycles. The first-order valence-electron chi connectivity index (χ1n) is 8.77. The Morgan fingerprint density at radius 1 is 0.857 bits per heavy atom. The SMILES string of the molecule is CCOc1ccc(C(=O)Nc2cc(C(=O)Nc3ccccc3)ccc2Cl)cc1. The highest BCUT2D eigenvalue weighted by Gasteiger charge is 2.13. The maximum Gasteiger partial charge on any atom is 0.255 e. The average molecular weight is 395 g/mol. The molecule has 3 aromatic carbocycles. The largest absolute Gasteiger partial charge is 0.494 e. The Morgan fingerprint density at radius 2 is 1.50 bits per heavy atom. The fourth-order valence-corrected chi connectivity index (χ4v) is 2.72. The quantitative estimate of drug-likeness (QED) is 0.600. The molecule has 0 aliphatic heterocycles. The van der Waals surface area contributed by atoms with E-state index in [1.165, 1.54) is 0 Å². The van der Waals surface area contributed by atoms with Crippen molar-refractivity contribution in [3.63, 3.8) is 0 Å². The van der Waals surface area contributed by atoms with Gasteiger partial charge in [-0.15, -0.1) is 0 Å². The summed E-state index contributed by atoms with van der Waals surface area (Å²) in [6.45, 7) is 2.45. The van der Waals surface area contributed by atoms with E-state index in [9.17, 15) is 9.59 Å². The molecule has 0 saturated carbocycles. The van der Waals surface area contributed by atoms with E-state index in [0.29, 0.717) is 39.9 Å². The molecule has 0 aliphatic rings. The highest BCUT2D eigenvalue weighted by molar-refractivity contribution is 6.34. The molecule has 3 rings (SSSR count). The van der Waals surface area contributed by atoms with Crippen molar-refractivity contribution in [2.75, 3.05) is 17.2 Å². The second-order valence-corrected chi connectivity index (χ2v) is 6.33. The van der Waals surface area contributed by atoms with Crippen LogP contribution in [0.3, 0.4) is 0 Å². The number of ether oxygens (including phenoxy) is 1. The number of hydrogen-bond donors (Lipinski definition) is 2. The van der Waals surface area contributed by atoms with Crippen LogP contribution in [-0.2, 0) is 0 Å². The van der Waals surface area contributed by atoms with Crippen LogP contribution < -0.4 is 15.4 Å². The molecule has 0 bridgehead atoms. The van der Waals surface area contributed by atoms with Crippen LogP contribution in [0.5, 0.6) is 5.75 Å². The molecule has 6 heteroatoms. The zero-order chi connectivity index (χ0) is 19.9. The Morgan fingerprint density at radius 3 is 2.18 bits per heavy atom. The van der Waals surface area contributed by atoms with Crippen molar-refractivity contribution >= 4 is 34.8 Å². The third-order valence-electron chi connectivity index (χ3n) is 3.94. The van der Waals surface area contributed by atoms with Gasteiger partial charge in [0, 0.05) is 16.8 Å². The van der Waals surface area contributed by atoms with Crippen molar-refractivity contribution in [2.45, 2.75) is 6.92 Å². The lowest BCUT2D eigenvalue weighted by molar-refractivity contribution is 0.101. The Balaban J connectivity index is 1.74. The van der Waals surface area contributed by atoms with E-state index in [1.54, 1.807) is 54.6 Å². The molecule has 0 aromatic heterocycles. The molecule has 0 saturated heterocycles. The number of halogens is 1. The smallest absolute Gasteiger partial charge is 0.255 e. The number of anilines is 2. The van der Waals surface area contributed by atoms with E-state index < -0.39 is 0 Å². The lowest BCUT2D eigenvalue weighted by Gasteiger charge is -2.11. The molecule has 0 unspecified atom stereocenters. The van der Waals surface area contributed by atoms with Gasteiger partial charge in [-0.1, -0.05) is 29.8 Å². The molecule has 142 valence electrons. The minimum absolute atomic E-state index is 0.292. The van der Waals surface area contributed by atoms with Gasteiger partial charge in [-0.2, -0.15) is 0 Å². The van der Waals surface area contributed by atoms with Gasteiger partial charge in [0.2, 0.25) is 0 Å². The number of rotatable bonds is 6. The summed E-state index contributed by atoms with van der Waals surface area (Å²) in [4.78, 5) is 24.9. The first kappa shape index (κ1) is 19.5. The number of amides is 2. The maximum atomic E-state index is 12.5. The van der Waals surface area contributed by atoms with Crippen LogP contribution in [0.1, 0.15) is 27.6 Å². The molecule has 0 atom stereocenters. The lowest BCUT2D eigenvalue weighted by atomic mass is 10.1. The molecule has 0 heterocycles. The van der Waals surface area contributed by atoms with Crippen LogP contribution in [0.25, 0.3) is 0 Å². The molecule has 28 heavy (non-hydrogen) atoms. The third kappa shape index (κ3) is 4.90. The molecular formula is C22H19ClN2O3. The first-order valence-corrected chi connectivity index (χ1v) is 9.15. The number of hydrogen-bond acceptors (Lipinski definition) is 3. The fraction of sp³-hybridized carbons (Fsp3) is 0.0909. The summed E-state index contributed by atoms with van der Waals surface area (Å²) in [5, 5.41) is 5.89. The van der Waals surface area contributed by atoms with Crippen LogP contribution in [0.4, 0.5) is 11.4 Å². The monoisotopic (exact) mass is 394 g/mol. The summed E-state index contributed by atoms with van der Waals surface area (Å²) in [6.07, 6.45) is 0. The Hall–Kier alpha value is -3.31. The van der Waals surface area contributed by atoms with Gasteiger partial charge in [0.25, 0.3) is 11.8 Å². The molecule has 2 N–H and O–H groups in total. The Bertz CT molecular complexity index is 973. The number of para-hydroxylation sites is 1. The molecule has 3 aromatic rings. The van der Waals surface area contributed by atoms with Crippen LogP contribution >= 0.6 is 11.6 Å².